The van der Waals surface area contributed by atoms with E-state index in [2.05, 4.69) is 0 Å². The molecule has 0 aliphatic rings. The van der Waals surface area contributed by atoms with E-state index in [0.717, 1.165) is 0 Å². The molecule has 0 spiro atoms. The number of rotatable bonds is 2. The van der Waals surface area contributed by atoms with Gasteiger partial charge in [0, 0.05) is 0 Å². The molecule has 0 fully saturated rings. The van der Waals surface area contributed by atoms with Gasteiger partial charge in [0.05, 0.1) is 11.8 Å². The molecular formula is C4H7Cl2F. The van der Waals surface area contributed by atoms with Crippen LogP contribution in [0.2, 0.25) is 0 Å². The van der Waals surface area contributed by atoms with Crippen LogP contribution in [0.3, 0.4) is 0 Å². The van der Waals surface area contributed by atoms with Crippen LogP contribution in [0, 0.1) is 0 Å². The van der Waals surface area contributed by atoms with Gasteiger partial charge in [-0.15, -0.1) is 23.2 Å². The summed E-state index contributed by atoms with van der Waals surface area (Å²) in [6.07, 6.45) is 0. The summed E-state index contributed by atoms with van der Waals surface area (Å²) < 4.78 is 12.3. The molecule has 0 atom stereocenters. The summed E-state index contributed by atoms with van der Waals surface area (Å²) in [6, 6.07) is 0. The first kappa shape index (κ1) is 7.51. The van der Waals surface area contributed by atoms with E-state index in [1.807, 2.05) is 0 Å². The van der Waals surface area contributed by atoms with Crippen molar-refractivity contribution in [2.45, 2.75) is 12.6 Å². The highest BCUT2D eigenvalue weighted by atomic mass is 35.5. The van der Waals surface area contributed by atoms with E-state index in [1.54, 1.807) is 0 Å². The van der Waals surface area contributed by atoms with E-state index >= 15 is 0 Å². The maximum absolute atomic E-state index is 12.3. The Morgan fingerprint density at radius 3 is 1.71 bits per heavy atom. The zero-order valence-electron chi connectivity index (χ0n) is 4.05. The molecule has 7 heavy (non-hydrogen) atoms. The third-order valence-corrected chi connectivity index (χ3v) is 1.67. The van der Waals surface area contributed by atoms with Gasteiger partial charge in [-0.3, -0.25) is 0 Å². The lowest BCUT2D eigenvalue weighted by atomic mass is 10.2. The van der Waals surface area contributed by atoms with E-state index in [-0.39, 0.29) is 11.8 Å². The van der Waals surface area contributed by atoms with E-state index in [1.165, 1.54) is 6.92 Å². The third-order valence-electron chi connectivity index (χ3n) is 0.557. The molecule has 0 aromatic carbocycles. The van der Waals surface area contributed by atoms with Crippen LogP contribution in [-0.4, -0.2) is 17.4 Å². The lowest BCUT2D eigenvalue weighted by Gasteiger charge is -2.10. The summed E-state index contributed by atoms with van der Waals surface area (Å²) in [5, 5.41) is 0. The van der Waals surface area contributed by atoms with E-state index in [0.29, 0.717) is 0 Å². The normalized spacial score (nSPS) is 12.0. The SMILES string of the molecule is CC(F)(CCl)CCl. The Hall–Kier alpha value is 0.510. The minimum absolute atomic E-state index is 0.0312. The van der Waals surface area contributed by atoms with Crippen LogP contribution in [-0.2, 0) is 0 Å². The highest BCUT2D eigenvalue weighted by Gasteiger charge is 2.18. The minimum Gasteiger partial charge on any atom is -0.242 e. The predicted octanol–water partition coefficient (Wildman–Crippen LogP) is 2.19. The molecule has 0 heterocycles. The second kappa shape index (κ2) is 2.73. The van der Waals surface area contributed by atoms with Crippen LogP contribution >= 0.6 is 23.2 Å². The summed E-state index contributed by atoms with van der Waals surface area (Å²) in [6.45, 7) is 1.37. The Labute approximate surface area is 52.6 Å². The van der Waals surface area contributed by atoms with Gasteiger partial charge in [-0.25, -0.2) is 4.39 Å². The molecule has 0 aromatic rings. The first-order valence-electron chi connectivity index (χ1n) is 1.93. The van der Waals surface area contributed by atoms with Gasteiger partial charge in [0.25, 0.3) is 0 Å². The second-order valence-corrected chi connectivity index (χ2v) is 2.22. The predicted molar refractivity (Wildman–Crippen MR) is 31.0 cm³/mol. The molecular weight excluding hydrogens is 138 g/mol. The first-order valence-corrected chi connectivity index (χ1v) is 3.00. The quantitative estimate of drug-likeness (QED) is 0.522. The van der Waals surface area contributed by atoms with Crippen molar-refractivity contribution < 1.29 is 4.39 Å². The van der Waals surface area contributed by atoms with Gasteiger partial charge < -0.3 is 0 Å². The lowest BCUT2D eigenvalue weighted by Crippen LogP contribution is -2.21. The van der Waals surface area contributed by atoms with Gasteiger partial charge in [0.1, 0.15) is 5.67 Å². The van der Waals surface area contributed by atoms with Crippen molar-refractivity contribution in [3.8, 4) is 0 Å². The van der Waals surface area contributed by atoms with Crippen molar-refractivity contribution >= 4 is 23.2 Å². The zero-order valence-corrected chi connectivity index (χ0v) is 5.56. The van der Waals surface area contributed by atoms with E-state index in [4.69, 9.17) is 23.2 Å². The monoisotopic (exact) mass is 144 g/mol. The van der Waals surface area contributed by atoms with Crippen molar-refractivity contribution in [2.75, 3.05) is 11.8 Å². The molecule has 0 saturated heterocycles. The van der Waals surface area contributed by atoms with Crippen LogP contribution in [0.15, 0.2) is 0 Å². The Balaban J connectivity index is 3.36. The topological polar surface area (TPSA) is 0 Å². The van der Waals surface area contributed by atoms with Crippen LogP contribution in [0.4, 0.5) is 4.39 Å². The Morgan fingerprint density at radius 2 is 1.71 bits per heavy atom. The molecule has 0 N–H and O–H groups in total. The Morgan fingerprint density at radius 1 is 1.43 bits per heavy atom. The van der Waals surface area contributed by atoms with Crippen LogP contribution < -0.4 is 0 Å². The van der Waals surface area contributed by atoms with Crippen molar-refractivity contribution in [2.24, 2.45) is 0 Å². The molecule has 0 aliphatic carbocycles. The minimum atomic E-state index is -1.39. The van der Waals surface area contributed by atoms with Crippen molar-refractivity contribution in [1.82, 2.24) is 0 Å². The van der Waals surface area contributed by atoms with Gasteiger partial charge in [-0.2, -0.15) is 0 Å². The Bertz CT molecular complexity index is 47.7. The largest absolute Gasteiger partial charge is 0.242 e. The molecule has 44 valence electrons. The molecule has 0 rings (SSSR count). The molecule has 3 heteroatoms. The molecule has 0 aromatic heterocycles. The zero-order chi connectivity index (χ0) is 5.91. The molecule has 0 amide bonds. The summed E-state index contributed by atoms with van der Waals surface area (Å²) in [7, 11) is 0. The first-order chi connectivity index (χ1) is 3.12. The number of halogens is 3. The third kappa shape index (κ3) is 3.12. The fraction of sp³-hybridized carbons (Fsp3) is 1.00. The highest BCUT2D eigenvalue weighted by Crippen LogP contribution is 2.12. The summed E-state index contributed by atoms with van der Waals surface area (Å²) in [5.74, 6) is -0.0625. The highest BCUT2D eigenvalue weighted by molar-refractivity contribution is 6.21. The molecule has 0 saturated carbocycles. The van der Waals surface area contributed by atoms with Crippen molar-refractivity contribution in [3.63, 3.8) is 0 Å². The fourth-order valence-electron chi connectivity index (χ4n) is 0.0357. The summed E-state index contributed by atoms with van der Waals surface area (Å²) in [4.78, 5) is 0. The molecule has 0 unspecified atom stereocenters. The second-order valence-electron chi connectivity index (χ2n) is 1.68. The van der Waals surface area contributed by atoms with Crippen molar-refractivity contribution in [3.05, 3.63) is 0 Å². The summed E-state index contributed by atoms with van der Waals surface area (Å²) in [5.41, 5.74) is -1.39. The fourth-order valence-corrected chi connectivity index (χ4v) is 0.321. The van der Waals surface area contributed by atoms with Gasteiger partial charge in [-0.05, 0) is 6.92 Å². The maximum Gasteiger partial charge on any atom is 0.135 e. The number of hydrogen-bond acceptors (Lipinski definition) is 0. The van der Waals surface area contributed by atoms with Gasteiger partial charge in [0.2, 0.25) is 0 Å². The lowest BCUT2D eigenvalue weighted by molar-refractivity contribution is 0.255. The standard InChI is InChI=1S/C4H7Cl2F/c1-4(7,2-5)3-6/h2-3H2,1H3. The van der Waals surface area contributed by atoms with Crippen LogP contribution in [0.5, 0.6) is 0 Å². The van der Waals surface area contributed by atoms with E-state index < -0.39 is 5.67 Å². The Kier molecular flexibility index (Phi) is 2.93. The van der Waals surface area contributed by atoms with Crippen LogP contribution in [0.25, 0.3) is 0 Å². The van der Waals surface area contributed by atoms with Gasteiger partial charge >= 0.3 is 0 Å². The number of alkyl halides is 3. The van der Waals surface area contributed by atoms with Gasteiger partial charge in [0.15, 0.2) is 0 Å². The average molecular weight is 145 g/mol. The molecule has 0 radical (unpaired) electrons. The molecule has 0 aliphatic heterocycles. The average Bonchev–Trinajstić information content (AvgIpc) is 1.68. The van der Waals surface area contributed by atoms with Gasteiger partial charge in [-0.1, -0.05) is 0 Å². The molecule has 0 bridgehead atoms. The smallest absolute Gasteiger partial charge is 0.135 e. The van der Waals surface area contributed by atoms with Crippen molar-refractivity contribution in [1.29, 1.82) is 0 Å². The number of hydrogen-bond donors (Lipinski definition) is 0. The van der Waals surface area contributed by atoms with Crippen LogP contribution in [0.1, 0.15) is 6.92 Å². The van der Waals surface area contributed by atoms with E-state index in [9.17, 15) is 4.39 Å². The molecule has 0 nitrogen and oxygen atoms in total. The maximum atomic E-state index is 12.3. The summed E-state index contributed by atoms with van der Waals surface area (Å²) >= 11 is 10.3.